The van der Waals surface area contributed by atoms with Crippen LogP contribution in [0.1, 0.15) is 81.8 Å². The largest absolute Gasteiger partial charge is 0.409 e. The van der Waals surface area contributed by atoms with Gasteiger partial charge >= 0.3 is 6.18 Å². The first-order chi connectivity index (χ1) is 12.3. The molecule has 0 nitrogen and oxygen atoms in total. The molecule has 0 spiro atoms. The quantitative estimate of drug-likeness (QED) is 0.337. The summed E-state index contributed by atoms with van der Waals surface area (Å²) in [6, 6.07) is 2.40. The summed E-state index contributed by atoms with van der Waals surface area (Å²) in [4.78, 5) is 0. The lowest BCUT2D eigenvalue weighted by Crippen LogP contribution is -2.14. The average Bonchev–Trinajstić information content (AvgIpc) is 2.57. The van der Waals surface area contributed by atoms with Gasteiger partial charge in [0.25, 0.3) is 0 Å². The Hall–Kier alpha value is -1.39. The van der Waals surface area contributed by atoms with Crippen LogP contribution in [0.3, 0.4) is 0 Å². The van der Waals surface area contributed by atoms with Crippen molar-refractivity contribution >= 4 is 6.08 Å². The van der Waals surface area contributed by atoms with Crippen LogP contribution in [-0.2, 0) is 0 Å². The van der Waals surface area contributed by atoms with Gasteiger partial charge in [-0.25, -0.2) is 8.78 Å². The molecule has 1 aromatic rings. The summed E-state index contributed by atoms with van der Waals surface area (Å²) < 4.78 is 64.8. The van der Waals surface area contributed by atoms with Crippen LogP contribution in [0.4, 0.5) is 22.0 Å². The smallest absolute Gasteiger partial charge is 0.206 e. The van der Waals surface area contributed by atoms with Crippen molar-refractivity contribution in [3.8, 4) is 0 Å². The highest BCUT2D eigenvalue weighted by Crippen LogP contribution is 2.38. The number of rotatable bonds is 7. The molecule has 0 aromatic heterocycles. The highest BCUT2D eigenvalue weighted by Gasteiger charge is 2.25. The Bertz CT molecular complexity index is 572. The van der Waals surface area contributed by atoms with Crippen LogP contribution in [0, 0.1) is 17.6 Å². The third-order valence-electron chi connectivity index (χ3n) is 5.32. The van der Waals surface area contributed by atoms with E-state index < -0.39 is 23.4 Å². The van der Waals surface area contributed by atoms with E-state index in [1.807, 2.05) is 0 Å². The van der Waals surface area contributed by atoms with Gasteiger partial charge in [-0.1, -0.05) is 39.0 Å². The summed E-state index contributed by atoms with van der Waals surface area (Å²) >= 11 is 0. The molecule has 0 bridgehead atoms. The van der Waals surface area contributed by atoms with Gasteiger partial charge in [-0.2, -0.15) is 13.2 Å². The topological polar surface area (TPSA) is 0 Å². The van der Waals surface area contributed by atoms with Gasteiger partial charge in [0.2, 0.25) is 0 Å². The van der Waals surface area contributed by atoms with E-state index in [2.05, 4.69) is 6.92 Å². The number of allylic oxidation sites excluding steroid dienone is 1. The van der Waals surface area contributed by atoms with E-state index in [4.69, 9.17) is 0 Å². The van der Waals surface area contributed by atoms with Gasteiger partial charge in [0.05, 0.1) is 0 Å². The monoisotopic (exact) mass is 374 g/mol. The summed E-state index contributed by atoms with van der Waals surface area (Å²) in [7, 11) is 0. The van der Waals surface area contributed by atoms with Crippen molar-refractivity contribution < 1.29 is 22.0 Å². The Morgan fingerprint density at radius 1 is 0.962 bits per heavy atom. The molecule has 1 aliphatic rings. The van der Waals surface area contributed by atoms with E-state index in [0.29, 0.717) is 17.6 Å². The zero-order valence-electron chi connectivity index (χ0n) is 15.2. The molecule has 146 valence electrons. The van der Waals surface area contributed by atoms with Gasteiger partial charge in [-0.3, -0.25) is 0 Å². The molecular formula is C21H27F5. The maximum absolute atomic E-state index is 14.1. The van der Waals surface area contributed by atoms with Crippen molar-refractivity contribution in [1.29, 1.82) is 0 Å². The lowest BCUT2D eigenvalue weighted by molar-refractivity contribution is -0.0790. The SMILES string of the molecule is CCCCCCC1CCC(c2cc(F)c(/C=C/C(F)(F)F)c(F)c2)CC1. The molecule has 0 heterocycles. The second-order valence-corrected chi connectivity index (χ2v) is 7.34. The van der Waals surface area contributed by atoms with Gasteiger partial charge < -0.3 is 0 Å². The van der Waals surface area contributed by atoms with Crippen LogP contribution in [0.25, 0.3) is 6.08 Å². The van der Waals surface area contributed by atoms with E-state index in [1.54, 1.807) is 0 Å². The molecule has 5 heteroatoms. The minimum absolute atomic E-state index is 0.0894. The first-order valence-corrected chi connectivity index (χ1v) is 9.55. The molecule has 0 N–H and O–H groups in total. The van der Waals surface area contributed by atoms with E-state index in [1.165, 1.54) is 44.2 Å². The summed E-state index contributed by atoms with van der Waals surface area (Å²) in [6.07, 6.45) is 5.81. The summed E-state index contributed by atoms with van der Waals surface area (Å²) in [5.41, 5.74) is -0.0655. The predicted molar refractivity (Wildman–Crippen MR) is 94.9 cm³/mol. The second kappa shape index (κ2) is 9.52. The fourth-order valence-electron chi connectivity index (χ4n) is 3.82. The minimum atomic E-state index is -4.59. The van der Waals surface area contributed by atoms with Crippen molar-refractivity contribution in [3.63, 3.8) is 0 Å². The summed E-state index contributed by atoms with van der Waals surface area (Å²) in [5, 5.41) is 0. The third kappa shape index (κ3) is 6.40. The van der Waals surface area contributed by atoms with Gasteiger partial charge in [0, 0.05) is 11.6 Å². The normalized spacial score (nSPS) is 21.5. The van der Waals surface area contributed by atoms with E-state index in [0.717, 1.165) is 25.7 Å². The maximum Gasteiger partial charge on any atom is 0.409 e. The number of halogens is 5. The predicted octanol–water partition coefficient (Wildman–Crippen LogP) is 7.78. The lowest BCUT2D eigenvalue weighted by Gasteiger charge is -2.29. The molecule has 1 fully saturated rings. The van der Waals surface area contributed by atoms with Gasteiger partial charge in [-0.05, 0) is 61.3 Å². The Kier molecular flexibility index (Phi) is 7.66. The molecule has 0 aliphatic heterocycles. The maximum atomic E-state index is 14.1. The van der Waals surface area contributed by atoms with Crippen molar-refractivity contribution in [2.24, 2.45) is 5.92 Å². The fourth-order valence-corrected chi connectivity index (χ4v) is 3.82. The molecule has 2 rings (SSSR count). The van der Waals surface area contributed by atoms with E-state index in [-0.39, 0.29) is 12.0 Å². The van der Waals surface area contributed by atoms with Gasteiger partial charge in [-0.15, -0.1) is 0 Å². The van der Waals surface area contributed by atoms with E-state index in [9.17, 15) is 22.0 Å². The Morgan fingerprint density at radius 3 is 2.12 bits per heavy atom. The van der Waals surface area contributed by atoms with Crippen LogP contribution in [0.15, 0.2) is 18.2 Å². The summed E-state index contributed by atoms with van der Waals surface area (Å²) in [6.45, 7) is 2.19. The second-order valence-electron chi connectivity index (χ2n) is 7.34. The molecule has 0 saturated heterocycles. The van der Waals surface area contributed by atoms with Crippen LogP contribution < -0.4 is 0 Å². The Balaban J connectivity index is 1.95. The first-order valence-electron chi connectivity index (χ1n) is 9.55. The Morgan fingerprint density at radius 2 is 1.58 bits per heavy atom. The lowest BCUT2D eigenvalue weighted by atomic mass is 9.77. The number of hydrogen-bond donors (Lipinski definition) is 0. The van der Waals surface area contributed by atoms with Crippen molar-refractivity contribution in [1.82, 2.24) is 0 Å². The molecule has 1 saturated carbocycles. The fraction of sp³-hybridized carbons (Fsp3) is 0.619. The van der Waals surface area contributed by atoms with Gasteiger partial charge in [0.1, 0.15) is 11.6 Å². The minimum Gasteiger partial charge on any atom is -0.206 e. The first kappa shape index (κ1) is 20.9. The van der Waals surface area contributed by atoms with Crippen LogP contribution in [-0.4, -0.2) is 6.18 Å². The van der Waals surface area contributed by atoms with Crippen molar-refractivity contribution in [2.45, 2.75) is 76.8 Å². The molecule has 0 unspecified atom stereocenters. The highest BCUT2D eigenvalue weighted by atomic mass is 19.4. The third-order valence-corrected chi connectivity index (χ3v) is 5.32. The van der Waals surface area contributed by atoms with Crippen LogP contribution in [0.2, 0.25) is 0 Å². The standard InChI is InChI=1S/C21H27F5/c1-2-3-4-5-6-15-7-9-16(10-8-15)17-13-19(22)18(20(23)14-17)11-12-21(24,25)26/h11-16H,2-10H2,1H3/b12-11+. The average molecular weight is 374 g/mol. The molecule has 1 aromatic carbocycles. The molecule has 26 heavy (non-hydrogen) atoms. The molecular weight excluding hydrogens is 347 g/mol. The van der Waals surface area contributed by atoms with Crippen LogP contribution in [0.5, 0.6) is 0 Å². The Labute approximate surface area is 152 Å². The molecule has 0 amide bonds. The number of alkyl halides is 3. The molecule has 1 aliphatic carbocycles. The van der Waals surface area contributed by atoms with Crippen molar-refractivity contribution in [3.05, 3.63) is 41.0 Å². The zero-order valence-corrected chi connectivity index (χ0v) is 15.2. The number of unbranched alkanes of at least 4 members (excludes halogenated alkanes) is 3. The van der Waals surface area contributed by atoms with Gasteiger partial charge in [0.15, 0.2) is 0 Å². The highest BCUT2D eigenvalue weighted by molar-refractivity contribution is 5.52. The number of benzene rings is 1. The molecule has 0 radical (unpaired) electrons. The zero-order chi connectivity index (χ0) is 19.2. The van der Waals surface area contributed by atoms with Crippen LogP contribution >= 0.6 is 0 Å². The number of hydrogen-bond acceptors (Lipinski definition) is 0. The molecule has 0 atom stereocenters. The summed E-state index contributed by atoms with van der Waals surface area (Å²) in [5.74, 6) is -1.08. The van der Waals surface area contributed by atoms with E-state index >= 15 is 0 Å². The van der Waals surface area contributed by atoms with Crippen molar-refractivity contribution in [2.75, 3.05) is 0 Å².